The Balaban J connectivity index is 3.71. The molecule has 0 amide bonds. The van der Waals surface area contributed by atoms with Gasteiger partial charge in [0.2, 0.25) is 0 Å². The van der Waals surface area contributed by atoms with E-state index in [1.165, 1.54) is 5.75 Å². The smallest absolute Gasteiger partial charge is 0.133 e. The molecule has 13 heavy (non-hydrogen) atoms. The third-order valence-electron chi connectivity index (χ3n) is 2.28. The number of hydrogen-bond acceptors (Lipinski definition) is 1. The van der Waals surface area contributed by atoms with Gasteiger partial charge in [-0.15, -0.1) is 0 Å². The second kappa shape index (κ2) is 7.19. The van der Waals surface area contributed by atoms with Crippen LogP contribution in [0.1, 0.15) is 26.7 Å². The first kappa shape index (κ1) is 12.8. The molecule has 0 spiro atoms. The number of Topliss-reactive ketones (excluding diaryl/α,β-unsaturated/α-hetero) is 1. The highest BCUT2D eigenvalue weighted by Gasteiger charge is 2.16. The van der Waals surface area contributed by atoms with E-state index >= 15 is 0 Å². The summed E-state index contributed by atoms with van der Waals surface area (Å²) in [7, 11) is 0.421. The molecule has 0 heterocycles. The Kier molecular flexibility index (Phi) is 7.06. The molecule has 1 nitrogen and oxygen atoms in total. The predicted octanol–water partition coefficient (Wildman–Crippen LogP) is 2.43. The Hall–Kier alpha value is -0.240. The summed E-state index contributed by atoms with van der Waals surface area (Å²) in [6.07, 6.45) is 6.26. The summed E-state index contributed by atoms with van der Waals surface area (Å²) in [6, 6.07) is 0. The van der Waals surface area contributed by atoms with Crippen LogP contribution in [0, 0.1) is 5.92 Å². The minimum Gasteiger partial charge on any atom is -0.300 e. The average Bonchev–Trinajstić information content (AvgIpc) is 2.05. The van der Waals surface area contributed by atoms with E-state index in [2.05, 4.69) is 19.8 Å². The molecule has 0 bridgehead atoms. The summed E-state index contributed by atoms with van der Waals surface area (Å²) in [5.41, 5.74) is 0. The molecule has 0 radical (unpaired) electrons. The van der Waals surface area contributed by atoms with Crippen molar-refractivity contribution in [3.8, 4) is 0 Å². The zero-order valence-electron chi connectivity index (χ0n) is 9.01. The highest BCUT2D eigenvalue weighted by molar-refractivity contribution is 7.96. The van der Waals surface area contributed by atoms with Crippen LogP contribution in [0.3, 0.4) is 0 Å². The van der Waals surface area contributed by atoms with Gasteiger partial charge in [-0.3, -0.25) is 4.79 Å². The maximum atomic E-state index is 11.1. The van der Waals surface area contributed by atoms with Gasteiger partial charge in [0.15, 0.2) is 0 Å². The molecule has 0 saturated heterocycles. The number of hydrogen-bond donors (Lipinski definition) is 0. The molecule has 0 aromatic heterocycles. The highest BCUT2D eigenvalue weighted by Crippen LogP contribution is 2.11. The largest absolute Gasteiger partial charge is 0.300 e. The van der Waals surface area contributed by atoms with Crippen LogP contribution in [-0.2, 0) is 15.7 Å². The third kappa shape index (κ3) is 5.92. The molecule has 2 heteroatoms. The van der Waals surface area contributed by atoms with Gasteiger partial charge in [0.05, 0.1) is 6.26 Å². The molecule has 0 fully saturated rings. The summed E-state index contributed by atoms with van der Waals surface area (Å²) in [5, 5.41) is 0. The first-order valence-corrected chi connectivity index (χ1v) is 6.79. The Labute approximate surface area is 85.0 Å². The van der Waals surface area contributed by atoms with E-state index in [1.54, 1.807) is 6.92 Å². The van der Waals surface area contributed by atoms with E-state index < -0.39 is 0 Å². The lowest BCUT2D eigenvalue weighted by atomic mass is 10.00. The predicted molar refractivity (Wildman–Crippen MR) is 62.3 cm³/mol. The van der Waals surface area contributed by atoms with E-state index in [4.69, 9.17) is 0 Å². The molecule has 0 rings (SSSR count). The van der Waals surface area contributed by atoms with Crippen molar-refractivity contribution in [2.45, 2.75) is 26.7 Å². The van der Waals surface area contributed by atoms with Gasteiger partial charge in [0.1, 0.15) is 17.3 Å². The maximum absolute atomic E-state index is 11.1. The van der Waals surface area contributed by atoms with Crippen LogP contribution in [0.25, 0.3) is 0 Å². The first-order chi connectivity index (χ1) is 6.11. The molecule has 0 aliphatic heterocycles. The number of ketones is 1. The minimum absolute atomic E-state index is 0.291. The van der Waals surface area contributed by atoms with E-state index in [9.17, 15) is 4.79 Å². The number of rotatable bonds is 7. The molecule has 0 aliphatic carbocycles. The van der Waals surface area contributed by atoms with Crippen LogP contribution in [0.5, 0.6) is 0 Å². The molecule has 76 valence electrons. The monoisotopic (exact) mass is 201 g/mol. The quantitative estimate of drug-likeness (QED) is 0.457. The molecule has 0 saturated carbocycles. The van der Waals surface area contributed by atoms with Crippen LogP contribution >= 0.6 is 0 Å². The van der Waals surface area contributed by atoms with Gasteiger partial charge in [-0.25, -0.2) is 0 Å². The van der Waals surface area contributed by atoms with Crippen LogP contribution in [0.4, 0.5) is 0 Å². The van der Waals surface area contributed by atoms with Crippen molar-refractivity contribution in [2.75, 3.05) is 17.8 Å². The summed E-state index contributed by atoms with van der Waals surface area (Å²) in [6.45, 7) is 7.52. The van der Waals surface area contributed by atoms with Crippen molar-refractivity contribution < 1.29 is 4.79 Å². The number of carbonyl (C=O) groups excluding carboxylic acids is 1. The summed E-state index contributed by atoms with van der Waals surface area (Å²) >= 11 is 0. The molecule has 0 aromatic carbocycles. The zero-order valence-corrected chi connectivity index (χ0v) is 9.82. The Morgan fingerprint density at radius 1 is 1.62 bits per heavy atom. The van der Waals surface area contributed by atoms with Crippen molar-refractivity contribution >= 4 is 16.7 Å². The lowest BCUT2D eigenvalue weighted by Crippen LogP contribution is -2.16. The van der Waals surface area contributed by atoms with Crippen molar-refractivity contribution in [1.82, 2.24) is 0 Å². The highest BCUT2D eigenvalue weighted by atomic mass is 32.2. The standard InChI is InChI=1S/C11H21OS/c1-5-8-13(4)9-7-11(6-2)10(3)12/h5,11H,1,6-9H2,2-4H3/q+1/t11-,13?/m0/s1. The molecular weight excluding hydrogens is 180 g/mol. The molecule has 0 aliphatic rings. The van der Waals surface area contributed by atoms with Crippen LogP contribution in [0.15, 0.2) is 12.7 Å². The van der Waals surface area contributed by atoms with Gasteiger partial charge in [-0.2, -0.15) is 0 Å². The third-order valence-corrected chi connectivity index (χ3v) is 4.02. The fourth-order valence-corrected chi connectivity index (χ4v) is 2.58. The molecule has 0 aromatic rings. The normalized spacial score (nSPS) is 15.0. The Morgan fingerprint density at radius 3 is 2.62 bits per heavy atom. The van der Waals surface area contributed by atoms with Gasteiger partial charge in [0, 0.05) is 12.3 Å². The van der Waals surface area contributed by atoms with Gasteiger partial charge >= 0.3 is 0 Å². The SMILES string of the molecule is C=CC[S+](C)CC[C@H](CC)C(C)=O. The molecule has 0 N–H and O–H groups in total. The minimum atomic E-state index is 0.291. The van der Waals surface area contributed by atoms with E-state index in [0.717, 1.165) is 18.6 Å². The van der Waals surface area contributed by atoms with E-state index in [1.807, 2.05) is 6.08 Å². The second-order valence-corrected chi connectivity index (χ2v) is 5.75. The van der Waals surface area contributed by atoms with Crippen LogP contribution in [-0.4, -0.2) is 23.5 Å². The van der Waals surface area contributed by atoms with E-state index in [-0.39, 0.29) is 0 Å². The Morgan fingerprint density at radius 2 is 2.23 bits per heavy atom. The van der Waals surface area contributed by atoms with Crippen LogP contribution in [0.2, 0.25) is 0 Å². The van der Waals surface area contributed by atoms with Gasteiger partial charge in [0.25, 0.3) is 0 Å². The lowest BCUT2D eigenvalue weighted by molar-refractivity contribution is -0.120. The average molecular weight is 201 g/mol. The van der Waals surface area contributed by atoms with Crippen molar-refractivity contribution in [2.24, 2.45) is 5.92 Å². The topological polar surface area (TPSA) is 17.1 Å². The molecular formula is C11H21OS+. The second-order valence-electron chi connectivity index (χ2n) is 3.45. The van der Waals surface area contributed by atoms with Gasteiger partial charge < -0.3 is 0 Å². The molecule has 1 unspecified atom stereocenters. The Bertz CT molecular complexity index is 165. The zero-order chi connectivity index (χ0) is 10.3. The summed E-state index contributed by atoms with van der Waals surface area (Å²) in [4.78, 5) is 11.1. The fourth-order valence-electron chi connectivity index (χ4n) is 1.32. The van der Waals surface area contributed by atoms with Gasteiger partial charge in [-0.05, 0) is 30.3 Å². The van der Waals surface area contributed by atoms with Crippen molar-refractivity contribution in [1.29, 1.82) is 0 Å². The fraction of sp³-hybridized carbons (Fsp3) is 0.727. The van der Waals surface area contributed by atoms with Crippen molar-refractivity contribution in [3.05, 3.63) is 12.7 Å². The van der Waals surface area contributed by atoms with Crippen molar-refractivity contribution in [3.63, 3.8) is 0 Å². The number of carbonyl (C=O) groups is 1. The first-order valence-electron chi connectivity index (χ1n) is 4.82. The molecule has 2 atom stereocenters. The summed E-state index contributed by atoms with van der Waals surface area (Å²) in [5.74, 6) is 2.90. The summed E-state index contributed by atoms with van der Waals surface area (Å²) < 4.78 is 0. The van der Waals surface area contributed by atoms with E-state index in [0.29, 0.717) is 22.6 Å². The maximum Gasteiger partial charge on any atom is 0.133 e. The lowest BCUT2D eigenvalue weighted by Gasteiger charge is -2.09. The van der Waals surface area contributed by atoms with Crippen LogP contribution < -0.4 is 0 Å². The van der Waals surface area contributed by atoms with Gasteiger partial charge in [-0.1, -0.05) is 13.5 Å².